The summed E-state index contributed by atoms with van der Waals surface area (Å²) in [7, 11) is 0. The number of hydrogen-bond donors (Lipinski definition) is 1. The van der Waals surface area contributed by atoms with E-state index in [-0.39, 0.29) is 12.1 Å². The molecule has 2 saturated heterocycles. The summed E-state index contributed by atoms with van der Waals surface area (Å²) in [5, 5.41) is 9.38. The van der Waals surface area contributed by atoms with Crippen LogP contribution >= 0.6 is 0 Å². The van der Waals surface area contributed by atoms with Gasteiger partial charge in [0.2, 0.25) is 0 Å². The fourth-order valence-corrected chi connectivity index (χ4v) is 2.89. The van der Waals surface area contributed by atoms with Crippen molar-refractivity contribution < 1.29 is 19.4 Å². The summed E-state index contributed by atoms with van der Waals surface area (Å²) < 4.78 is 5.39. The van der Waals surface area contributed by atoms with Gasteiger partial charge < -0.3 is 19.6 Å². The van der Waals surface area contributed by atoms with Crippen LogP contribution in [0.15, 0.2) is 0 Å². The minimum Gasteiger partial charge on any atom is -0.480 e. The van der Waals surface area contributed by atoms with E-state index in [4.69, 9.17) is 4.74 Å². The second-order valence-corrected chi connectivity index (χ2v) is 5.45. The number of carbonyl (C=O) groups excluding carboxylic acids is 1. The Balaban J connectivity index is 2.16. The van der Waals surface area contributed by atoms with Crippen LogP contribution in [0.25, 0.3) is 0 Å². The summed E-state index contributed by atoms with van der Waals surface area (Å²) in [6.45, 7) is 5.79. The molecule has 108 valence electrons. The predicted octanol–water partition coefficient (Wildman–Crippen LogP) is 1.16. The molecular formula is C13H22N2O4. The Morgan fingerprint density at radius 1 is 1.42 bits per heavy atom. The Kier molecular flexibility index (Phi) is 3.99. The molecule has 0 saturated carbocycles. The van der Waals surface area contributed by atoms with Gasteiger partial charge in [-0.2, -0.15) is 0 Å². The molecule has 2 heterocycles. The molecule has 2 unspecified atom stereocenters. The normalized spacial score (nSPS) is 31.6. The highest BCUT2D eigenvalue weighted by molar-refractivity contribution is 5.86. The van der Waals surface area contributed by atoms with Crippen LogP contribution in [-0.2, 0) is 9.53 Å². The van der Waals surface area contributed by atoms with E-state index < -0.39 is 11.5 Å². The maximum absolute atomic E-state index is 12.6. The maximum Gasteiger partial charge on any atom is 0.329 e. The minimum atomic E-state index is -1.06. The third-order valence-electron chi connectivity index (χ3n) is 4.28. The number of urea groups is 1. The molecule has 0 aliphatic carbocycles. The Hall–Kier alpha value is -1.30. The maximum atomic E-state index is 12.6. The van der Waals surface area contributed by atoms with E-state index in [9.17, 15) is 14.7 Å². The van der Waals surface area contributed by atoms with Crippen molar-refractivity contribution in [2.75, 3.05) is 26.3 Å². The molecule has 0 spiro atoms. The van der Waals surface area contributed by atoms with Crippen LogP contribution in [-0.4, -0.2) is 64.8 Å². The third kappa shape index (κ3) is 2.41. The first-order valence-corrected chi connectivity index (χ1v) is 6.90. The van der Waals surface area contributed by atoms with E-state index in [0.717, 1.165) is 12.8 Å². The topological polar surface area (TPSA) is 70.1 Å². The van der Waals surface area contributed by atoms with E-state index in [1.807, 2.05) is 6.92 Å². The molecule has 6 nitrogen and oxygen atoms in total. The summed E-state index contributed by atoms with van der Waals surface area (Å²) >= 11 is 0. The second-order valence-electron chi connectivity index (χ2n) is 5.45. The van der Waals surface area contributed by atoms with Gasteiger partial charge in [0.05, 0.1) is 19.3 Å². The van der Waals surface area contributed by atoms with Gasteiger partial charge in [0, 0.05) is 13.1 Å². The van der Waals surface area contributed by atoms with Gasteiger partial charge in [-0.15, -0.1) is 0 Å². The Morgan fingerprint density at radius 2 is 2.16 bits per heavy atom. The SMILES string of the molecule is CCC1COCCN1C(=O)N1CCCC1(C)C(=O)O. The Labute approximate surface area is 113 Å². The summed E-state index contributed by atoms with van der Waals surface area (Å²) in [5.41, 5.74) is -1.06. The van der Waals surface area contributed by atoms with E-state index in [1.165, 1.54) is 4.90 Å². The van der Waals surface area contributed by atoms with Crippen molar-refractivity contribution >= 4 is 12.0 Å². The van der Waals surface area contributed by atoms with Crippen molar-refractivity contribution in [2.45, 2.75) is 44.7 Å². The first-order chi connectivity index (χ1) is 9.00. The summed E-state index contributed by atoms with van der Waals surface area (Å²) in [6, 6.07) is -0.0996. The zero-order valence-corrected chi connectivity index (χ0v) is 11.6. The number of likely N-dealkylation sites (tertiary alicyclic amines) is 1. The average molecular weight is 270 g/mol. The number of hydrogen-bond acceptors (Lipinski definition) is 3. The van der Waals surface area contributed by atoms with Crippen molar-refractivity contribution in [2.24, 2.45) is 0 Å². The zero-order chi connectivity index (χ0) is 14.0. The van der Waals surface area contributed by atoms with Crippen LogP contribution < -0.4 is 0 Å². The van der Waals surface area contributed by atoms with Crippen molar-refractivity contribution in [1.82, 2.24) is 9.80 Å². The lowest BCUT2D eigenvalue weighted by molar-refractivity contribution is -0.147. The standard InChI is InChI=1S/C13H22N2O4/c1-3-10-9-19-8-7-14(10)12(18)15-6-4-5-13(15,2)11(16)17/h10H,3-9H2,1-2H3,(H,16,17). The monoisotopic (exact) mass is 270 g/mol. The molecule has 0 bridgehead atoms. The van der Waals surface area contributed by atoms with Crippen LogP contribution in [0.1, 0.15) is 33.1 Å². The molecule has 0 aromatic heterocycles. The van der Waals surface area contributed by atoms with Crippen LogP contribution in [0.2, 0.25) is 0 Å². The minimum absolute atomic E-state index is 0.0555. The largest absolute Gasteiger partial charge is 0.480 e. The van der Waals surface area contributed by atoms with Gasteiger partial charge in [0.1, 0.15) is 5.54 Å². The zero-order valence-electron chi connectivity index (χ0n) is 11.6. The summed E-state index contributed by atoms with van der Waals surface area (Å²) in [6.07, 6.45) is 2.09. The van der Waals surface area contributed by atoms with Crippen molar-refractivity contribution in [1.29, 1.82) is 0 Å². The van der Waals surface area contributed by atoms with Gasteiger partial charge in [-0.3, -0.25) is 0 Å². The summed E-state index contributed by atoms with van der Waals surface area (Å²) in [5.74, 6) is -0.917. The molecule has 0 aromatic rings. The molecule has 2 fully saturated rings. The van der Waals surface area contributed by atoms with E-state index >= 15 is 0 Å². The summed E-state index contributed by atoms with van der Waals surface area (Å²) in [4.78, 5) is 27.3. The molecule has 2 aliphatic rings. The van der Waals surface area contributed by atoms with E-state index in [1.54, 1.807) is 11.8 Å². The van der Waals surface area contributed by atoms with Gasteiger partial charge in [-0.05, 0) is 26.2 Å². The van der Waals surface area contributed by atoms with E-state index in [2.05, 4.69) is 0 Å². The number of carbonyl (C=O) groups is 2. The van der Waals surface area contributed by atoms with Crippen LogP contribution in [0.3, 0.4) is 0 Å². The number of amides is 2. The molecule has 6 heteroatoms. The van der Waals surface area contributed by atoms with Crippen molar-refractivity contribution in [3.63, 3.8) is 0 Å². The number of carboxylic acids is 1. The average Bonchev–Trinajstić information content (AvgIpc) is 2.81. The number of aliphatic carboxylic acids is 1. The molecule has 2 aliphatic heterocycles. The Morgan fingerprint density at radius 3 is 2.79 bits per heavy atom. The molecule has 0 radical (unpaired) electrons. The lowest BCUT2D eigenvalue weighted by Crippen LogP contribution is -2.59. The van der Waals surface area contributed by atoms with Crippen LogP contribution in [0.4, 0.5) is 4.79 Å². The number of nitrogens with zero attached hydrogens (tertiary/aromatic N) is 2. The predicted molar refractivity (Wildman–Crippen MR) is 69.0 cm³/mol. The highest BCUT2D eigenvalue weighted by Gasteiger charge is 2.48. The molecule has 1 N–H and O–H groups in total. The van der Waals surface area contributed by atoms with Crippen LogP contribution in [0.5, 0.6) is 0 Å². The number of carboxylic acid groups (broad SMARTS) is 1. The molecule has 2 rings (SSSR count). The number of rotatable bonds is 2. The molecular weight excluding hydrogens is 248 g/mol. The lowest BCUT2D eigenvalue weighted by atomic mass is 9.99. The molecule has 19 heavy (non-hydrogen) atoms. The van der Waals surface area contributed by atoms with Gasteiger partial charge in [0.25, 0.3) is 0 Å². The molecule has 2 atom stereocenters. The highest BCUT2D eigenvalue weighted by atomic mass is 16.5. The molecule has 2 amide bonds. The third-order valence-corrected chi connectivity index (χ3v) is 4.28. The number of morpholine rings is 1. The first-order valence-electron chi connectivity index (χ1n) is 6.90. The Bertz CT molecular complexity index is 374. The van der Waals surface area contributed by atoms with Crippen molar-refractivity contribution in [3.05, 3.63) is 0 Å². The van der Waals surface area contributed by atoms with Crippen molar-refractivity contribution in [3.8, 4) is 0 Å². The highest BCUT2D eigenvalue weighted by Crippen LogP contribution is 2.31. The lowest BCUT2D eigenvalue weighted by Gasteiger charge is -2.41. The second kappa shape index (κ2) is 5.36. The smallest absolute Gasteiger partial charge is 0.329 e. The van der Waals surface area contributed by atoms with E-state index in [0.29, 0.717) is 32.7 Å². The quantitative estimate of drug-likeness (QED) is 0.817. The van der Waals surface area contributed by atoms with Crippen LogP contribution in [0, 0.1) is 0 Å². The molecule has 0 aromatic carbocycles. The number of ether oxygens (including phenoxy) is 1. The fraction of sp³-hybridized carbons (Fsp3) is 0.846. The fourth-order valence-electron chi connectivity index (χ4n) is 2.89. The van der Waals surface area contributed by atoms with Gasteiger partial charge >= 0.3 is 12.0 Å². The van der Waals surface area contributed by atoms with Gasteiger partial charge in [0.15, 0.2) is 0 Å². The van der Waals surface area contributed by atoms with Gasteiger partial charge in [-0.1, -0.05) is 6.92 Å². The first kappa shape index (κ1) is 14.1. The van der Waals surface area contributed by atoms with Gasteiger partial charge in [-0.25, -0.2) is 9.59 Å².